The zero-order valence-corrected chi connectivity index (χ0v) is 8.25. The summed E-state index contributed by atoms with van der Waals surface area (Å²) >= 11 is 0. The largest absolute Gasteiger partial charge is 0.341 e. The van der Waals surface area contributed by atoms with Crippen LogP contribution in [0.15, 0.2) is 12.1 Å². The van der Waals surface area contributed by atoms with Crippen LogP contribution in [0.2, 0.25) is 0 Å². The average molecular weight is 190 g/mol. The van der Waals surface area contributed by atoms with E-state index >= 15 is 0 Å². The Labute approximate surface area is 82.6 Å². The molecule has 0 bridgehead atoms. The predicted octanol–water partition coefficient (Wildman–Crippen LogP) is 1.16. The molecule has 0 saturated carbocycles. The highest BCUT2D eigenvalue weighted by Crippen LogP contribution is 2.10. The van der Waals surface area contributed by atoms with Gasteiger partial charge in [-0.1, -0.05) is 0 Å². The van der Waals surface area contributed by atoms with Crippen LogP contribution in [0.1, 0.15) is 17.9 Å². The molecule has 0 atom stereocenters. The summed E-state index contributed by atoms with van der Waals surface area (Å²) in [5.41, 5.74) is 8.24. The van der Waals surface area contributed by atoms with Crippen molar-refractivity contribution in [2.75, 3.05) is 6.54 Å². The van der Waals surface area contributed by atoms with E-state index in [-0.39, 0.29) is 0 Å². The normalized spacial score (nSPS) is 11.0. The number of hydrogen-bond donors (Lipinski definition) is 2. The van der Waals surface area contributed by atoms with Gasteiger partial charge in [0.25, 0.3) is 0 Å². The van der Waals surface area contributed by atoms with Gasteiger partial charge in [0, 0.05) is 12.1 Å². The first-order valence-corrected chi connectivity index (χ1v) is 4.82. The number of aryl methyl sites for hydroxylation is 2. The van der Waals surface area contributed by atoms with Gasteiger partial charge in [-0.2, -0.15) is 0 Å². The van der Waals surface area contributed by atoms with Gasteiger partial charge in [-0.3, -0.25) is 0 Å². The molecule has 74 valence electrons. The minimum absolute atomic E-state index is 0.698. The lowest BCUT2D eigenvalue weighted by atomic mass is 10.3. The highest BCUT2D eigenvalue weighted by atomic mass is 15.0. The lowest BCUT2D eigenvalue weighted by molar-refractivity contribution is 0.796. The number of hydrogen-bond acceptors (Lipinski definition) is 3. The first-order valence-electron chi connectivity index (χ1n) is 4.82. The van der Waals surface area contributed by atoms with Gasteiger partial charge < -0.3 is 10.7 Å². The van der Waals surface area contributed by atoms with Crippen molar-refractivity contribution in [2.24, 2.45) is 5.73 Å². The van der Waals surface area contributed by atoms with Crippen LogP contribution in [0.5, 0.6) is 0 Å². The van der Waals surface area contributed by atoms with E-state index in [0.29, 0.717) is 6.54 Å². The molecule has 2 rings (SSSR count). The number of nitrogens with zero attached hydrogens (tertiary/aromatic N) is 2. The van der Waals surface area contributed by atoms with E-state index in [9.17, 15) is 0 Å². The van der Waals surface area contributed by atoms with Gasteiger partial charge in [0.2, 0.25) is 0 Å². The van der Waals surface area contributed by atoms with Crippen LogP contribution in [0, 0.1) is 6.92 Å². The molecule has 3 N–H and O–H groups in total. The number of aromatic nitrogens is 3. The number of nitrogens with one attached hydrogen (secondary N) is 1. The molecule has 0 amide bonds. The standard InChI is InChI=1S/C10H14N4/c1-7-4-5-8-10(12-7)14-9(13-8)3-2-6-11/h4-5H,2-3,6,11H2,1H3,(H,12,13,14). The molecular formula is C10H14N4. The molecule has 4 nitrogen and oxygen atoms in total. The van der Waals surface area contributed by atoms with Crippen molar-refractivity contribution < 1.29 is 0 Å². The van der Waals surface area contributed by atoms with Gasteiger partial charge in [-0.15, -0.1) is 0 Å². The van der Waals surface area contributed by atoms with E-state index in [4.69, 9.17) is 5.73 Å². The molecule has 0 aliphatic rings. The quantitative estimate of drug-likeness (QED) is 0.763. The lowest BCUT2D eigenvalue weighted by Crippen LogP contribution is -2.01. The number of rotatable bonds is 3. The Morgan fingerprint density at radius 2 is 2.21 bits per heavy atom. The van der Waals surface area contributed by atoms with Crippen molar-refractivity contribution in [2.45, 2.75) is 19.8 Å². The molecule has 0 fully saturated rings. The van der Waals surface area contributed by atoms with Gasteiger partial charge in [0.1, 0.15) is 5.82 Å². The molecule has 0 aromatic carbocycles. The highest BCUT2D eigenvalue weighted by Gasteiger charge is 2.02. The Bertz CT molecular complexity index is 433. The van der Waals surface area contributed by atoms with Crippen LogP contribution in [0.3, 0.4) is 0 Å². The van der Waals surface area contributed by atoms with Crippen LogP contribution in [-0.2, 0) is 6.42 Å². The van der Waals surface area contributed by atoms with Crippen molar-refractivity contribution in [1.82, 2.24) is 15.0 Å². The van der Waals surface area contributed by atoms with Crippen molar-refractivity contribution in [3.05, 3.63) is 23.7 Å². The second-order valence-electron chi connectivity index (χ2n) is 3.40. The van der Waals surface area contributed by atoms with Crippen LogP contribution in [0.4, 0.5) is 0 Å². The maximum atomic E-state index is 5.44. The van der Waals surface area contributed by atoms with Crippen molar-refractivity contribution in [3.8, 4) is 0 Å². The summed E-state index contributed by atoms with van der Waals surface area (Å²) in [5.74, 6) is 0.976. The highest BCUT2D eigenvalue weighted by molar-refractivity contribution is 5.70. The minimum Gasteiger partial charge on any atom is -0.341 e. The third kappa shape index (κ3) is 1.75. The van der Waals surface area contributed by atoms with Crippen LogP contribution < -0.4 is 5.73 Å². The molecule has 0 radical (unpaired) electrons. The molecule has 0 unspecified atom stereocenters. The molecule has 4 heteroatoms. The van der Waals surface area contributed by atoms with Crippen LogP contribution in [0.25, 0.3) is 11.2 Å². The number of aromatic amines is 1. The summed E-state index contributed by atoms with van der Waals surface area (Å²) in [5, 5.41) is 0. The zero-order valence-electron chi connectivity index (χ0n) is 8.25. The zero-order chi connectivity index (χ0) is 9.97. The molecule has 14 heavy (non-hydrogen) atoms. The Morgan fingerprint density at radius 3 is 3.00 bits per heavy atom. The molecule has 0 aliphatic heterocycles. The Morgan fingerprint density at radius 1 is 1.36 bits per heavy atom. The maximum Gasteiger partial charge on any atom is 0.177 e. The first-order chi connectivity index (χ1) is 6.79. The van der Waals surface area contributed by atoms with Crippen molar-refractivity contribution in [1.29, 1.82) is 0 Å². The fourth-order valence-corrected chi connectivity index (χ4v) is 1.42. The number of nitrogens with two attached hydrogens (primary N) is 1. The second-order valence-corrected chi connectivity index (χ2v) is 3.40. The summed E-state index contributed by atoms with van der Waals surface area (Å²) in [7, 11) is 0. The average Bonchev–Trinajstić information content (AvgIpc) is 2.56. The fraction of sp³-hybridized carbons (Fsp3) is 0.400. The summed E-state index contributed by atoms with van der Waals surface area (Å²) in [6.45, 7) is 2.66. The van der Waals surface area contributed by atoms with Gasteiger partial charge in [-0.05, 0) is 32.0 Å². The fourth-order valence-electron chi connectivity index (χ4n) is 1.42. The monoisotopic (exact) mass is 190 g/mol. The van der Waals surface area contributed by atoms with E-state index < -0.39 is 0 Å². The Hall–Kier alpha value is -1.42. The predicted molar refractivity (Wildman–Crippen MR) is 56.0 cm³/mol. The Kier molecular flexibility index (Phi) is 2.45. The number of H-pyrrole nitrogens is 1. The molecule has 2 heterocycles. The number of fused-ring (bicyclic) bond motifs is 1. The van der Waals surface area contributed by atoms with E-state index in [1.807, 2.05) is 19.1 Å². The third-order valence-corrected chi connectivity index (χ3v) is 2.15. The lowest BCUT2D eigenvalue weighted by Gasteiger charge is -1.90. The van der Waals surface area contributed by atoms with E-state index in [2.05, 4.69) is 15.0 Å². The number of imidazole rings is 1. The third-order valence-electron chi connectivity index (χ3n) is 2.15. The number of pyridine rings is 1. The SMILES string of the molecule is Cc1ccc2[nH]c(CCCN)nc2n1. The summed E-state index contributed by atoms with van der Waals surface area (Å²) < 4.78 is 0. The summed E-state index contributed by atoms with van der Waals surface area (Å²) in [4.78, 5) is 11.9. The first kappa shape index (κ1) is 9.15. The summed E-state index contributed by atoms with van der Waals surface area (Å²) in [6, 6.07) is 3.99. The molecule has 2 aromatic heterocycles. The molecule has 0 spiro atoms. The van der Waals surface area contributed by atoms with E-state index in [1.165, 1.54) is 0 Å². The van der Waals surface area contributed by atoms with E-state index in [1.54, 1.807) is 0 Å². The molecule has 0 saturated heterocycles. The second kappa shape index (κ2) is 3.75. The maximum absolute atomic E-state index is 5.44. The van der Waals surface area contributed by atoms with Crippen LogP contribution in [-0.4, -0.2) is 21.5 Å². The van der Waals surface area contributed by atoms with Crippen molar-refractivity contribution in [3.63, 3.8) is 0 Å². The topological polar surface area (TPSA) is 67.6 Å². The van der Waals surface area contributed by atoms with Gasteiger partial charge in [0.05, 0.1) is 5.52 Å². The van der Waals surface area contributed by atoms with Crippen LogP contribution >= 0.6 is 0 Å². The Balaban J connectivity index is 2.32. The molecule has 0 aliphatic carbocycles. The summed E-state index contributed by atoms with van der Waals surface area (Å²) in [6.07, 6.45) is 1.85. The van der Waals surface area contributed by atoms with Gasteiger partial charge >= 0.3 is 0 Å². The van der Waals surface area contributed by atoms with E-state index in [0.717, 1.165) is 35.5 Å². The smallest absolute Gasteiger partial charge is 0.177 e. The van der Waals surface area contributed by atoms with Gasteiger partial charge in [-0.25, -0.2) is 9.97 Å². The van der Waals surface area contributed by atoms with Crippen molar-refractivity contribution >= 4 is 11.2 Å². The minimum atomic E-state index is 0.698. The molecule has 2 aromatic rings. The van der Waals surface area contributed by atoms with Gasteiger partial charge in [0.15, 0.2) is 5.65 Å². The molecular weight excluding hydrogens is 176 g/mol.